The standard InChI is InChI=1S/C15H21NO3S2/c1-10(2)14(15(18)19)21-9-13(17)16-7-3-5-11(16)12-6-4-8-20-12/h4,6,8,10-11,14H,3,5,7,9H2,1-2H3,(H,18,19). The Kier molecular flexibility index (Phi) is 5.70. The molecule has 0 aromatic carbocycles. The summed E-state index contributed by atoms with van der Waals surface area (Å²) in [5, 5.41) is 10.7. The number of thioether (sulfide) groups is 1. The number of carboxylic acid groups (broad SMARTS) is 1. The highest BCUT2D eigenvalue weighted by molar-refractivity contribution is 8.01. The van der Waals surface area contributed by atoms with Crippen LogP contribution >= 0.6 is 23.1 Å². The van der Waals surface area contributed by atoms with E-state index in [4.69, 9.17) is 0 Å². The molecule has 1 aliphatic rings. The molecule has 2 rings (SSSR count). The normalized spacial score (nSPS) is 20.0. The van der Waals surface area contributed by atoms with Gasteiger partial charge in [-0.2, -0.15) is 0 Å². The van der Waals surface area contributed by atoms with E-state index in [0.29, 0.717) is 0 Å². The van der Waals surface area contributed by atoms with Crippen molar-refractivity contribution in [2.75, 3.05) is 12.3 Å². The third-order valence-corrected chi connectivity index (χ3v) is 6.17. The summed E-state index contributed by atoms with van der Waals surface area (Å²) in [5.41, 5.74) is 0. The fourth-order valence-electron chi connectivity index (χ4n) is 2.63. The van der Waals surface area contributed by atoms with Crippen molar-refractivity contribution in [3.05, 3.63) is 22.4 Å². The quantitative estimate of drug-likeness (QED) is 0.871. The molecule has 0 radical (unpaired) electrons. The van der Waals surface area contributed by atoms with Gasteiger partial charge in [0.1, 0.15) is 5.25 Å². The van der Waals surface area contributed by atoms with Crippen LogP contribution in [-0.2, 0) is 9.59 Å². The summed E-state index contributed by atoms with van der Waals surface area (Å²) in [6.45, 7) is 4.53. The van der Waals surface area contributed by atoms with E-state index in [1.165, 1.54) is 16.6 Å². The SMILES string of the molecule is CC(C)C(SCC(=O)N1CCCC1c1cccs1)C(=O)O. The molecular formula is C15H21NO3S2. The fourth-order valence-corrected chi connectivity index (χ4v) is 4.52. The van der Waals surface area contributed by atoms with Gasteiger partial charge in [-0.05, 0) is 30.2 Å². The Morgan fingerprint density at radius 2 is 2.29 bits per heavy atom. The maximum atomic E-state index is 12.4. The van der Waals surface area contributed by atoms with Crippen LogP contribution in [0.1, 0.15) is 37.6 Å². The Bertz CT molecular complexity index is 487. The van der Waals surface area contributed by atoms with Crippen LogP contribution in [-0.4, -0.2) is 39.4 Å². The van der Waals surface area contributed by atoms with Crippen molar-refractivity contribution in [1.29, 1.82) is 0 Å². The van der Waals surface area contributed by atoms with Gasteiger partial charge in [0.05, 0.1) is 11.8 Å². The first kappa shape index (κ1) is 16.4. The monoisotopic (exact) mass is 327 g/mol. The van der Waals surface area contributed by atoms with Crippen LogP contribution in [0.25, 0.3) is 0 Å². The Morgan fingerprint density at radius 3 is 2.86 bits per heavy atom. The van der Waals surface area contributed by atoms with Crippen molar-refractivity contribution in [3.63, 3.8) is 0 Å². The largest absolute Gasteiger partial charge is 0.480 e. The van der Waals surface area contributed by atoms with Gasteiger partial charge in [0.15, 0.2) is 0 Å². The van der Waals surface area contributed by atoms with E-state index in [0.717, 1.165) is 19.4 Å². The van der Waals surface area contributed by atoms with Gasteiger partial charge in [-0.3, -0.25) is 9.59 Å². The van der Waals surface area contributed by atoms with Gasteiger partial charge in [0.25, 0.3) is 0 Å². The van der Waals surface area contributed by atoms with Gasteiger partial charge in [-0.1, -0.05) is 19.9 Å². The summed E-state index contributed by atoms with van der Waals surface area (Å²) in [5.74, 6) is -0.509. The van der Waals surface area contributed by atoms with E-state index in [9.17, 15) is 14.7 Å². The molecule has 6 heteroatoms. The van der Waals surface area contributed by atoms with Crippen molar-refractivity contribution in [1.82, 2.24) is 4.90 Å². The number of carboxylic acids is 1. The molecule has 116 valence electrons. The zero-order valence-corrected chi connectivity index (χ0v) is 14.0. The minimum absolute atomic E-state index is 0.0203. The van der Waals surface area contributed by atoms with Crippen LogP contribution in [0.4, 0.5) is 0 Å². The number of rotatable bonds is 6. The first-order valence-corrected chi connectivity index (χ1v) is 9.11. The molecule has 2 heterocycles. The Morgan fingerprint density at radius 1 is 1.52 bits per heavy atom. The van der Waals surface area contributed by atoms with Crippen molar-refractivity contribution >= 4 is 35.0 Å². The average Bonchev–Trinajstić information content (AvgIpc) is 3.08. The fraction of sp³-hybridized carbons (Fsp3) is 0.600. The summed E-state index contributed by atoms with van der Waals surface area (Å²) in [4.78, 5) is 26.7. The molecule has 1 aromatic rings. The molecule has 0 spiro atoms. The minimum Gasteiger partial charge on any atom is -0.480 e. The maximum Gasteiger partial charge on any atom is 0.316 e. The highest BCUT2D eigenvalue weighted by Crippen LogP contribution is 2.35. The number of carbonyl (C=O) groups excluding carboxylic acids is 1. The van der Waals surface area contributed by atoms with Crippen LogP contribution in [0, 0.1) is 5.92 Å². The second-order valence-corrected chi connectivity index (χ2v) is 7.68. The Hall–Kier alpha value is -1.01. The van der Waals surface area contributed by atoms with Crippen LogP contribution in [0.2, 0.25) is 0 Å². The molecule has 2 unspecified atom stereocenters. The molecular weight excluding hydrogens is 306 g/mol. The molecule has 2 atom stereocenters. The highest BCUT2D eigenvalue weighted by Gasteiger charge is 2.31. The number of hydrogen-bond acceptors (Lipinski definition) is 4. The molecule has 1 aliphatic heterocycles. The molecule has 4 nitrogen and oxygen atoms in total. The van der Waals surface area contributed by atoms with E-state index in [1.807, 2.05) is 30.2 Å². The van der Waals surface area contributed by atoms with E-state index in [-0.39, 0.29) is 23.6 Å². The summed E-state index contributed by atoms with van der Waals surface area (Å²) in [6, 6.07) is 4.26. The van der Waals surface area contributed by atoms with Gasteiger partial charge in [0, 0.05) is 11.4 Å². The zero-order chi connectivity index (χ0) is 15.4. The van der Waals surface area contributed by atoms with Crippen LogP contribution in [0.15, 0.2) is 17.5 Å². The lowest BCUT2D eigenvalue weighted by Crippen LogP contribution is -2.33. The first-order chi connectivity index (χ1) is 10.0. The van der Waals surface area contributed by atoms with Crippen LogP contribution in [0.3, 0.4) is 0 Å². The second-order valence-electron chi connectivity index (χ2n) is 5.57. The van der Waals surface area contributed by atoms with Crippen molar-refractivity contribution in [3.8, 4) is 0 Å². The molecule has 1 aromatic heterocycles. The zero-order valence-electron chi connectivity index (χ0n) is 12.3. The Labute approximate surface area is 133 Å². The molecule has 1 amide bonds. The van der Waals surface area contributed by atoms with E-state index in [1.54, 1.807) is 11.3 Å². The van der Waals surface area contributed by atoms with E-state index in [2.05, 4.69) is 6.07 Å². The molecule has 0 bridgehead atoms. The van der Waals surface area contributed by atoms with Gasteiger partial charge >= 0.3 is 5.97 Å². The molecule has 1 saturated heterocycles. The summed E-state index contributed by atoms with van der Waals surface area (Å²) >= 11 is 2.93. The first-order valence-electron chi connectivity index (χ1n) is 7.18. The van der Waals surface area contributed by atoms with Gasteiger partial charge < -0.3 is 10.0 Å². The predicted octanol–water partition coefficient (Wildman–Crippen LogP) is 3.25. The molecule has 0 aliphatic carbocycles. The van der Waals surface area contributed by atoms with Crippen molar-refractivity contribution < 1.29 is 14.7 Å². The van der Waals surface area contributed by atoms with Crippen LogP contribution in [0.5, 0.6) is 0 Å². The summed E-state index contributed by atoms with van der Waals surface area (Å²) in [6.07, 6.45) is 2.02. The van der Waals surface area contributed by atoms with Crippen molar-refractivity contribution in [2.24, 2.45) is 5.92 Å². The number of thiophene rings is 1. The predicted molar refractivity (Wildman–Crippen MR) is 86.7 cm³/mol. The highest BCUT2D eigenvalue weighted by atomic mass is 32.2. The lowest BCUT2D eigenvalue weighted by atomic mass is 10.1. The smallest absolute Gasteiger partial charge is 0.316 e. The number of likely N-dealkylation sites (tertiary alicyclic amines) is 1. The van der Waals surface area contributed by atoms with Crippen LogP contribution < -0.4 is 0 Å². The summed E-state index contributed by atoms with van der Waals surface area (Å²) in [7, 11) is 0. The van der Waals surface area contributed by atoms with E-state index < -0.39 is 11.2 Å². The van der Waals surface area contributed by atoms with Gasteiger partial charge in [-0.25, -0.2) is 0 Å². The maximum absolute atomic E-state index is 12.4. The number of carbonyl (C=O) groups is 2. The average molecular weight is 327 g/mol. The molecule has 1 N–H and O–H groups in total. The minimum atomic E-state index is -0.834. The van der Waals surface area contributed by atoms with E-state index >= 15 is 0 Å². The molecule has 21 heavy (non-hydrogen) atoms. The second kappa shape index (κ2) is 7.31. The summed E-state index contributed by atoms with van der Waals surface area (Å²) < 4.78 is 0. The lowest BCUT2D eigenvalue weighted by Gasteiger charge is -2.25. The van der Waals surface area contributed by atoms with Gasteiger partial charge in [0.2, 0.25) is 5.91 Å². The van der Waals surface area contributed by atoms with Crippen molar-refractivity contribution in [2.45, 2.75) is 38.0 Å². The number of aliphatic carboxylic acids is 1. The lowest BCUT2D eigenvalue weighted by molar-refractivity contribution is -0.137. The number of nitrogens with zero attached hydrogens (tertiary/aromatic N) is 1. The Balaban J connectivity index is 1.95. The number of amides is 1. The third-order valence-electron chi connectivity index (χ3n) is 3.68. The molecule has 0 saturated carbocycles. The topological polar surface area (TPSA) is 57.6 Å². The number of hydrogen-bond donors (Lipinski definition) is 1. The third kappa shape index (κ3) is 4.01. The van der Waals surface area contributed by atoms with Gasteiger partial charge in [-0.15, -0.1) is 23.1 Å². The molecule has 1 fully saturated rings.